The summed E-state index contributed by atoms with van der Waals surface area (Å²) in [6.45, 7) is 4.63. The molecule has 0 aromatic heterocycles. The summed E-state index contributed by atoms with van der Waals surface area (Å²) in [7, 11) is -4.59. The van der Waals surface area contributed by atoms with Crippen molar-refractivity contribution in [2.75, 3.05) is 6.61 Å². The van der Waals surface area contributed by atoms with Gasteiger partial charge in [0.15, 0.2) is 0 Å². The Kier molecular flexibility index (Phi) is 42.2. The van der Waals surface area contributed by atoms with Gasteiger partial charge in [0.25, 0.3) is 0 Å². The molecule has 0 aliphatic rings. The summed E-state index contributed by atoms with van der Waals surface area (Å²) in [4.78, 5) is 0. The molecule has 0 rings (SSSR count). The van der Waals surface area contributed by atoms with E-state index in [4.69, 9.17) is 0 Å². The van der Waals surface area contributed by atoms with Crippen molar-refractivity contribution in [3.63, 3.8) is 0 Å². The summed E-state index contributed by atoms with van der Waals surface area (Å²) < 4.78 is 37.6. The van der Waals surface area contributed by atoms with Gasteiger partial charge in [-0.25, -0.2) is 8.42 Å². The van der Waals surface area contributed by atoms with Crippen LogP contribution in [-0.4, -0.2) is 19.6 Å². The maximum absolute atomic E-state index is 11.0. The molecular weight excluding hydrogens is 592 g/mol. The minimum absolute atomic E-state index is 0. The molecule has 0 bridgehead atoms. The van der Waals surface area contributed by atoms with Crippen LogP contribution in [0.4, 0.5) is 0 Å². The fraction of sp³-hybridized carbons (Fsp3) is 1.00. The van der Waals surface area contributed by atoms with Gasteiger partial charge in [-0.15, -0.1) is 0 Å². The van der Waals surface area contributed by atoms with E-state index < -0.39 is 10.4 Å². The van der Waals surface area contributed by atoms with E-state index in [1.807, 2.05) is 0 Å². The van der Waals surface area contributed by atoms with E-state index in [0.29, 0.717) is 0 Å². The Morgan fingerprint density at radius 2 is 0.614 bits per heavy atom. The van der Waals surface area contributed by atoms with Crippen molar-refractivity contribution < 1.29 is 68.5 Å². The summed E-state index contributed by atoms with van der Waals surface area (Å²) in [5.41, 5.74) is 0. The van der Waals surface area contributed by atoms with Gasteiger partial charge in [0, 0.05) is 0 Å². The van der Waals surface area contributed by atoms with Gasteiger partial charge in [0.2, 0.25) is 10.4 Å². The molecule has 0 aliphatic carbocycles. The molecule has 4 nitrogen and oxygen atoms in total. The molecule has 0 aromatic rings. The number of hydrogen-bond acceptors (Lipinski definition) is 4. The van der Waals surface area contributed by atoms with Gasteiger partial charge in [-0.2, -0.15) is 0 Å². The van der Waals surface area contributed by atoms with E-state index in [2.05, 4.69) is 18.0 Å². The minimum Gasteiger partial charge on any atom is -0.726 e. The van der Waals surface area contributed by atoms with Crippen LogP contribution < -0.4 is 51.4 Å². The topological polar surface area (TPSA) is 66.4 Å². The molecule has 1 unspecified atom stereocenters. The molecule has 1 atom stereocenters. The average molecular weight is 669 g/mol. The normalized spacial score (nSPS) is 12.4. The second-order valence-corrected chi connectivity index (χ2v) is 14.8. The van der Waals surface area contributed by atoms with Crippen molar-refractivity contribution in [1.82, 2.24) is 0 Å². The Hall–Kier alpha value is 1.51. The van der Waals surface area contributed by atoms with Crippen LogP contribution in [0.2, 0.25) is 0 Å². The Labute approximate surface area is 320 Å². The number of unbranched alkanes of at least 4 members (excludes halogenated alkanes) is 30. The van der Waals surface area contributed by atoms with Crippen molar-refractivity contribution in [1.29, 1.82) is 0 Å². The fourth-order valence-electron chi connectivity index (χ4n) is 6.45. The van der Waals surface area contributed by atoms with Gasteiger partial charge < -0.3 is 4.55 Å². The monoisotopic (exact) mass is 669 g/mol. The Balaban J connectivity index is 0. The molecule has 0 aromatic carbocycles. The third-order valence-corrected chi connectivity index (χ3v) is 9.80. The summed E-state index contributed by atoms with van der Waals surface area (Å²) in [5, 5.41) is 0. The van der Waals surface area contributed by atoms with Gasteiger partial charge in [-0.05, 0) is 18.8 Å². The smallest absolute Gasteiger partial charge is 0.726 e. The Bertz CT molecular complexity index is 628. The summed E-state index contributed by atoms with van der Waals surface area (Å²) >= 11 is 0. The van der Waals surface area contributed by atoms with E-state index >= 15 is 0 Å². The van der Waals surface area contributed by atoms with Crippen LogP contribution in [0.1, 0.15) is 232 Å². The van der Waals surface area contributed by atoms with Gasteiger partial charge in [0.05, 0.1) is 6.61 Å². The van der Waals surface area contributed by atoms with Crippen LogP contribution in [0.5, 0.6) is 0 Å². The van der Waals surface area contributed by atoms with Gasteiger partial charge in [-0.3, -0.25) is 4.18 Å². The van der Waals surface area contributed by atoms with E-state index in [0.717, 1.165) is 25.7 Å². The molecule has 0 heterocycles. The van der Waals surface area contributed by atoms with Crippen LogP contribution in [0.3, 0.4) is 0 Å². The maximum atomic E-state index is 11.0. The van der Waals surface area contributed by atoms with Crippen molar-refractivity contribution in [3.8, 4) is 0 Å². The Morgan fingerprint density at radius 3 is 0.818 bits per heavy atom. The molecule has 6 heteroatoms. The Morgan fingerprint density at radius 1 is 0.409 bits per heavy atom. The van der Waals surface area contributed by atoms with Crippen molar-refractivity contribution in [2.45, 2.75) is 232 Å². The first-order valence-corrected chi connectivity index (χ1v) is 20.9. The van der Waals surface area contributed by atoms with E-state index in [1.54, 1.807) is 0 Å². The average Bonchev–Trinajstić information content (AvgIpc) is 2.98. The molecule has 0 saturated carbocycles. The molecule has 0 fully saturated rings. The molecule has 260 valence electrons. The fourth-order valence-corrected chi connectivity index (χ4v) is 6.81. The molecule has 0 amide bonds. The second-order valence-electron chi connectivity index (χ2n) is 13.7. The molecule has 0 N–H and O–H groups in total. The van der Waals surface area contributed by atoms with Crippen molar-refractivity contribution in [3.05, 3.63) is 0 Å². The van der Waals surface area contributed by atoms with Crippen molar-refractivity contribution >= 4 is 10.4 Å². The van der Waals surface area contributed by atoms with Gasteiger partial charge in [0.1, 0.15) is 0 Å². The molecule has 44 heavy (non-hydrogen) atoms. The van der Waals surface area contributed by atoms with Crippen LogP contribution in [0.25, 0.3) is 0 Å². The SMILES string of the molecule is CCCCCCCCCCCCCCCCCCCCCCC(CCCCCCCCCCCCCC)COS(=O)(=O)[O-].[K+]. The first kappa shape index (κ1) is 47.6. The largest absolute Gasteiger partial charge is 1.00 e. The molecule has 0 saturated heterocycles. The minimum atomic E-state index is -4.59. The molecule has 0 aliphatic heterocycles. The predicted octanol–water partition coefficient (Wildman–Crippen LogP) is 10.4. The zero-order valence-electron chi connectivity index (χ0n) is 30.4. The second kappa shape index (κ2) is 38.9. The number of rotatable bonds is 37. The predicted molar refractivity (Wildman–Crippen MR) is 187 cm³/mol. The third kappa shape index (κ3) is 41.5. The van der Waals surface area contributed by atoms with Crippen molar-refractivity contribution in [2.24, 2.45) is 5.92 Å². The quantitative estimate of drug-likeness (QED) is 0.0286. The van der Waals surface area contributed by atoms with E-state index in [9.17, 15) is 13.0 Å². The standard InChI is InChI=1S/C38H78O4S.K/c1-3-5-7-9-11-13-15-17-18-19-20-21-22-23-24-26-28-30-32-34-36-38(37-42-43(39,40)41)35-33-31-29-27-25-16-14-12-10-8-6-4-2;/h38H,3-37H2,1-2H3,(H,39,40,41);/q;+1/p-1. The van der Waals surface area contributed by atoms with Gasteiger partial charge in [-0.1, -0.05) is 219 Å². The summed E-state index contributed by atoms with van der Waals surface area (Å²) in [5.74, 6) is 0.197. The zero-order chi connectivity index (χ0) is 31.5. The number of hydrogen-bond donors (Lipinski definition) is 0. The van der Waals surface area contributed by atoms with Crippen LogP contribution in [0, 0.1) is 5.92 Å². The zero-order valence-corrected chi connectivity index (χ0v) is 34.3. The summed E-state index contributed by atoms with van der Waals surface area (Å²) in [6, 6.07) is 0. The van der Waals surface area contributed by atoms with Crippen LogP contribution in [0.15, 0.2) is 0 Å². The first-order chi connectivity index (χ1) is 21.0. The van der Waals surface area contributed by atoms with E-state index in [1.165, 1.54) is 193 Å². The van der Waals surface area contributed by atoms with Crippen LogP contribution in [-0.2, 0) is 14.6 Å². The van der Waals surface area contributed by atoms with E-state index in [-0.39, 0.29) is 63.9 Å². The molecule has 0 radical (unpaired) electrons. The van der Waals surface area contributed by atoms with Crippen LogP contribution >= 0.6 is 0 Å². The summed E-state index contributed by atoms with van der Waals surface area (Å²) in [6.07, 6.45) is 45.4. The molecule has 0 spiro atoms. The third-order valence-electron chi connectivity index (χ3n) is 9.38. The first-order valence-electron chi connectivity index (χ1n) is 19.6. The van der Waals surface area contributed by atoms with Gasteiger partial charge >= 0.3 is 51.4 Å². The maximum Gasteiger partial charge on any atom is 1.00 e. The molecular formula is C38H77KO4S.